The van der Waals surface area contributed by atoms with Crippen LogP contribution in [0.3, 0.4) is 0 Å². The molecule has 0 saturated heterocycles. The van der Waals surface area contributed by atoms with Gasteiger partial charge in [-0.15, -0.1) is 0 Å². The Kier molecular flexibility index (Phi) is 4.35. The summed E-state index contributed by atoms with van der Waals surface area (Å²) < 4.78 is 0. The normalized spacial score (nSPS) is 11.9. The molecule has 0 saturated carbocycles. The van der Waals surface area contributed by atoms with E-state index >= 15 is 0 Å². The first-order valence-corrected chi connectivity index (χ1v) is 6.38. The van der Waals surface area contributed by atoms with Crippen molar-refractivity contribution < 1.29 is 19.8 Å². The molecule has 0 heterocycles. The monoisotopic (exact) mass is 285 g/mol. The lowest BCUT2D eigenvalue weighted by Crippen LogP contribution is -2.14. The van der Waals surface area contributed by atoms with E-state index in [-0.39, 0.29) is 12.0 Å². The first kappa shape index (κ1) is 14.7. The van der Waals surface area contributed by atoms with Crippen molar-refractivity contribution in [3.8, 4) is 11.1 Å². The van der Waals surface area contributed by atoms with Crippen molar-refractivity contribution in [3.05, 3.63) is 59.7 Å². The molecule has 0 fully saturated rings. The van der Waals surface area contributed by atoms with Crippen LogP contribution in [0.2, 0.25) is 0 Å². The molecule has 2 rings (SSSR count). The Morgan fingerprint density at radius 3 is 2.24 bits per heavy atom. The molecule has 0 aliphatic heterocycles. The maximum absolute atomic E-state index is 11.0. The van der Waals surface area contributed by atoms with E-state index in [1.165, 1.54) is 6.07 Å². The highest BCUT2D eigenvalue weighted by molar-refractivity contribution is 5.89. The second-order valence-corrected chi connectivity index (χ2v) is 4.72. The van der Waals surface area contributed by atoms with Crippen molar-refractivity contribution in [2.75, 3.05) is 0 Å². The lowest BCUT2D eigenvalue weighted by atomic mass is 9.97. The fourth-order valence-corrected chi connectivity index (χ4v) is 2.09. The Bertz CT molecular complexity index is 681. The van der Waals surface area contributed by atoms with Gasteiger partial charge in [-0.2, -0.15) is 0 Å². The summed E-state index contributed by atoms with van der Waals surface area (Å²) in [5.74, 6) is -1.95. The second-order valence-electron chi connectivity index (χ2n) is 4.72. The highest BCUT2D eigenvalue weighted by atomic mass is 16.4. The topological polar surface area (TPSA) is 101 Å². The molecule has 2 aromatic carbocycles. The summed E-state index contributed by atoms with van der Waals surface area (Å²) in [6.07, 6.45) is -0.154. The first-order chi connectivity index (χ1) is 9.97. The minimum Gasteiger partial charge on any atom is -0.481 e. The van der Waals surface area contributed by atoms with Gasteiger partial charge in [0.05, 0.1) is 12.0 Å². The number of nitrogens with two attached hydrogens (primary N) is 1. The van der Waals surface area contributed by atoms with Crippen LogP contribution in [0, 0.1) is 0 Å². The fraction of sp³-hybridized carbons (Fsp3) is 0.125. The minimum atomic E-state index is -0.990. The van der Waals surface area contributed by atoms with Crippen molar-refractivity contribution in [2.45, 2.75) is 12.5 Å². The summed E-state index contributed by atoms with van der Waals surface area (Å²) in [5, 5.41) is 17.8. The molecule has 0 aliphatic carbocycles. The van der Waals surface area contributed by atoms with Crippen LogP contribution in [0.4, 0.5) is 0 Å². The molecule has 0 spiro atoms. The molecule has 1 unspecified atom stereocenters. The Morgan fingerprint density at radius 2 is 1.62 bits per heavy atom. The van der Waals surface area contributed by atoms with Crippen LogP contribution in [0.25, 0.3) is 11.1 Å². The van der Waals surface area contributed by atoms with Gasteiger partial charge in [0.25, 0.3) is 0 Å². The zero-order valence-corrected chi connectivity index (χ0v) is 11.2. The van der Waals surface area contributed by atoms with Crippen LogP contribution in [-0.4, -0.2) is 22.2 Å². The van der Waals surface area contributed by atoms with Crippen molar-refractivity contribution in [1.82, 2.24) is 0 Å². The lowest BCUT2D eigenvalue weighted by molar-refractivity contribution is -0.137. The Balaban J connectivity index is 2.35. The first-order valence-electron chi connectivity index (χ1n) is 6.38. The van der Waals surface area contributed by atoms with E-state index in [0.717, 1.165) is 11.1 Å². The van der Waals surface area contributed by atoms with E-state index in [9.17, 15) is 9.59 Å². The van der Waals surface area contributed by atoms with Crippen molar-refractivity contribution in [2.24, 2.45) is 5.73 Å². The number of hydrogen-bond donors (Lipinski definition) is 3. The van der Waals surface area contributed by atoms with Gasteiger partial charge in [-0.05, 0) is 34.9 Å². The highest BCUT2D eigenvalue weighted by Crippen LogP contribution is 2.24. The molecular weight excluding hydrogens is 270 g/mol. The third-order valence-corrected chi connectivity index (χ3v) is 3.15. The Morgan fingerprint density at radius 1 is 1.00 bits per heavy atom. The minimum absolute atomic E-state index is 0.154. The SMILES string of the molecule is NC(CC(=O)O)c1cccc(-c2cccc(C(=O)O)c2)c1. The predicted octanol–water partition coefficient (Wildman–Crippen LogP) is 2.53. The van der Waals surface area contributed by atoms with E-state index < -0.39 is 18.0 Å². The zero-order chi connectivity index (χ0) is 15.4. The molecular formula is C16H15NO4. The summed E-state index contributed by atoms with van der Waals surface area (Å²) in [7, 11) is 0. The van der Waals surface area contributed by atoms with Crippen LogP contribution < -0.4 is 5.73 Å². The van der Waals surface area contributed by atoms with Gasteiger partial charge in [-0.25, -0.2) is 4.79 Å². The van der Waals surface area contributed by atoms with Gasteiger partial charge >= 0.3 is 11.9 Å². The molecule has 0 amide bonds. The smallest absolute Gasteiger partial charge is 0.335 e. The van der Waals surface area contributed by atoms with Crippen molar-refractivity contribution in [3.63, 3.8) is 0 Å². The quantitative estimate of drug-likeness (QED) is 0.783. The molecule has 1 atom stereocenters. The van der Waals surface area contributed by atoms with Crippen LogP contribution in [0.5, 0.6) is 0 Å². The van der Waals surface area contributed by atoms with E-state index in [2.05, 4.69) is 0 Å². The molecule has 5 heteroatoms. The lowest BCUT2D eigenvalue weighted by Gasteiger charge is -2.11. The van der Waals surface area contributed by atoms with Crippen molar-refractivity contribution >= 4 is 11.9 Å². The van der Waals surface area contributed by atoms with Crippen LogP contribution in [0.15, 0.2) is 48.5 Å². The summed E-state index contributed by atoms with van der Waals surface area (Å²) in [4.78, 5) is 21.7. The second kappa shape index (κ2) is 6.19. The summed E-state index contributed by atoms with van der Waals surface area (Å²) in [6, 6.07) is 13.1. The number of hydrogen-bond acceptors (Lipinski definition) is 3. The Labute approximate surface area is 121 Å². The number of carbonyl (C=O) groups is 2. The zero-order valence-electron chi connectivity index (χ0n) is 11.2. The average molecular weight is 285 g/mol. The number of rotatable bonds is 5. The van der Waals surface area contributed by atoms with Crippen LogP contribution in [-0.2, 0) is 4.79 Å². The van der Waals surface area contributed by atoms with E-state index in [4.69, 9.17) is 15.9 Å². The van der Waals surface area contributed by atoms with E-state index in [1.807, 2.05) is 6.07 Å². The summed E-state index contributed by atoms with van der Waals surface area (Å²) in [5.41, 5.74) is 8.30. The van der Waals surface area contributed by atoms with Gasteiger partial charge in [-0.1, -0.05) is 30.3 Å². The van der Waals surface area contributed by atoms with Gasteiger partial charge in [-0.3, -0.25) is 4.79 Å². The standard InChI is InChI=1S/C16H15NO4/c17-14(9-15(18)19)12-5-1-3-10(7-12)11-4-2-6-13(8-11)16(20)21/h1-8,14H,9,17H2,(H,18,19)(H,20,21). The van der Waals surface area contributed by atoms with Gasteiger partial charge < -0.3 is 15.9 Å². The molecule has 108 valence electrons. The maximum atomic E-state index is 11.0. The largest absolute Gasteiger partial charge is 0.481 e. The molecule has 0 bridgehead atoms. The molecule has 0 aliphatic rings. The van der Waals surface area contributed by atoms with Gasteiger partial charge in [0, 0.05) is 6.04 Å². The highest BCUT2D eigenvalue weighted by Gasteiger charge is 2.12. The molecule has 4 N–H and O–H groups in total. The van der Waals surface area contributed by atoms with Gasteiger partial charge in [0.1, 0.15) is 0 Å². The van der Waals surface area contributed by atoms with Crippen LogP contribution >= 0.6 is 0 Å². The van der Waals surface area contributed by atoms with Crippen molar-refractivity contribution in [1.29, 1.82) is 0 Å². The molecule has 2 aromatic rings. The predicted molar refractivity (Wildman–Crippen MR) is 78.0 cm³/mol. The maximum Gasteiger partial charge on any atom is 0.335 e. The number of carboxylic acid groups (broad SMARTS) is 2. The Hall–Kier alpha value is -2.66. The third-order valence-electron chi connectivity index (χ3n) is 3.15. The molecule has 21 heavy (non-hydrogen) atoms. The molecule has 0 aromatic heterocycles. The number of aromatic carboxylic acids is 1. The van der Waals surface area contributed by atoms with Gasteiger partial charge in [0.15, 0.2) is 0 Å². The summed E-state index contributed by atoms with van der Waals surface area (Å²) in [6.45, 7) is 0. The van der Waals surface area contributed by atoms with E-state index in [0.29, 0.717) is 5.56 Å². The summed E-state index contributed by atoms with van der Waals surface area (Å²) >= 11 is 0. The number of carboxylic acids is 2. The fourth-order valence-electron chi connectivity index (χ4n) is 2.09. The third kappa shape index (κ3) is 3.67. The molecule has 0 radical (unpaired) electrons. The van der Waals surface area contributed by atoms with Crippen LogP contribution in [0.1, 0.15) is 28.4 Å². The molecule has 5 nitrogen and oxygen atoms in total. The average Bonchev–Trinajstić information content (AvgIpc) is 2.47. The van der Waals surface area contributed by atoms with Gasteiger partial charge in [0.2, 0.25) is 0 Å². The van der Waals surface area contributed by atoms with E-state index in [1.54, 1.807) is 36.4 Å². The number of aliphatic carboxylic acids is 1. The number of benzene rings is 2.